The quantitative estimate of drug-likeness (QED) is 0.146. The van der Waals surface area contributed by atoms with Gasteiger partial charge < -0.3 is 35.8 Å². The van der Waals surface area contributed by atoms with Gasteiger partial charge in [0.2, 0.25) is 11.8 Å². The highest BCUT2D eigenvalue weighted by molar-refractivity contribution is 8.03. The molecule has 0 aliphatic carbocycles. The Balaban J connectivity index is 1.43. The van der Waals surface area contributed by atoms with E-state index in [9.17, 15) is 29.4 Å². The second-order valence-electron chi connectivity index (χ2n) is 8.60. The minimum atomic E-state index is -1.11. The summed E-state index contributed by atoms with van der Waals surface area (Å²) >= 11 is 3.17. The van der Waals surface area contributed by atoms with Crippen LogP contribution in [0.1, 0.15) is 26.7 Å². The van der Waals surface area contributed by atoms with E-state index in [1.807, 2.05) is 6.92 Å². The highest BCUT2D eigenvalue weighted by Gasteiger charge is 2.60. The van der Waals surface area contributed by atoms with Crippen molar-refractivity contribution in [3.05, 3.63) is 10.6 Å². The smallest absolute Gasteiger partial charge is 0.408 e. The van der Waals surface area contributed by atoms with E-state index in [-0.39, 0.29) is 47.5 Å². The lowest BCUT2D eigenvalue weighted by molar-refractivity contribution is -0.163. The Bertz CT molecular complexity index is 853. The zero-order valence-corrected chi connectivity index (χ0v) is 21.0. The van der Waals surface area contributed by atoms with Gasteiger partial charge in [-0.25, -0.2) is 9.59 Å². The number of carboxylic acid groups (broad SMARTS) is 1. The number of alkyl carbamates (subject to hydrolysis) is 1. The number of thioether (sulfide) groups is 2. The summed E-state index contributed by atoms with van der Waals surface area (Å²) in [5, 5.41) is 28.2. The van der Waals surface area contributed by atoms with Crippen LogP contribution in [0.25, 0.3) is 0 Å². The number of hydrogen-bond donors (Lipinski definition) is 5. The van der Waals surface area contributed by atoms with Crippen molar-refractivity contribution in [2.75, 3.05) is 31.8 Å². The molecule has 34 heavy (non-hydrogen) atoms. The predicted octanol–water partition coefficient (Wildman–Crippen LogP) is 0.157. The van der Waals surface area contributed by atoms with Crippen LogP contribution in [-0.2, 0) is 19.1 Å². The third-order valence-electron chi connectivity index (χ3n) is 6.26. The van der Waals surface area contributed by atoms with Gasteiger partial charge in [-0.05, 0) is 13.3 Å². The molecule has 0 unspecified atom stereocenters. The van der Waals surface area contributed by atoms with Gasteiger partial charge in [0.05, 0.1) is 18.1 Å². The zero-order valence-electron chi connectivity index (χ0n) is 19.4. The summed E-state index contributed by atoms with van der Waals surface area (Å²) in [7, 11) is 1.44. The molecule has 0 aromatic rings. The van der Waals surface area contributed by atoms with Crippen molar-refractivity contribution in [1.82, 2.24) is 20.9 Å². The van der Waals surface area contributed by atoms with E-state index in [0.29, 0.717) is 17.1 Å². The number of fused-ring (bicyclic) bond motifs is 1. The van der Waals surface area contributed by atoms with Crippen LogP contribution >= 0.6 is 23.5 Å². The third-order valence-corrected chi connectivity index (χ3v) is 8.90. The Labute approximate surface area is 206 Å². The lowest BCUT2D eigenvalue weighted by Crippen LogP contribution is -2.63. The summed E-state index contributed by atoms with van der Waals surface area (Å²) in [6.07, 6.45) is -0.248. The van der Waals surface area contributed by atoms with Crippen LogP contribution in [0.4, 0.5) is 4.79 Å². The van der Waals surface area contributed by atoms with Crippen molar-refractivity contribution in [2.24, 2.45) is 11.8 Å². The maximum Gasteiger partial charge on any atom is 0.408 e. The van der Waals surface area contributed by atoms with E-state index >= 15 is 0 Å². The van der Waals surface area contributed by atoms with Crippen LogP contribution in [0.2, 0.25) is 0 Å². The van der Waals surface area contributed by atoms with Gasteiger partial charge in [0.1, 0.15) is 5.70 Å². The van der Waals surface area contributed by atoms with Crippen LogP contribution in [0.3, 0.4) is 0 Å². The molecule has 2 fully saturated rings. The van der Waals surface area contributed by atoms with Gasteiger partial charge in [0.15, 0.2) is 6.73 Å². The topological polar surface area (TPSA) is 157 Å². The number of aliphatic carboxylic acids is 1. The third kappa shape index (κ3) is 5.81. The SMILES string of the molecule is CNC(=O)OCNC(=O)CCSC[C@@H]1C[C@H](SC2=C(C(=O)O)N3C(=O)[C@H]([C@@H](C)O)[C@H]3[C@H]2C)CN1. The van der Waals surface area contributed by atoms with Gasteiger partial charge in [-0.3, -0.25) is 9.59 Å². The molecule has 2 saturated heterocycles. The average molecular weight is 517 g/mol. The number of aliphatic hydroxyl groups is 1. The molecule has 6 atom stereocenters. The fourth-order valence-corrected chi connectivity index (χ4v) is 7.14. The molecule has 0 aromatic heterocycles. The normalized spacial score (nSPS) is 28.9. The van der Waals surface area contributed by atoms with Gasteiger partial charge in [0, 0.05) is 53.6 Å². The molecule has 0 spiro atoms. The van der Waals surface area contributed by atoms with Crippen LogP contribution in [0.15, 0.2) is 10.6 Å². The number of carboxylic acids is 1. The summed E-state index contributed by atoms with van der Waals surface area (Å²) < 4.78 is 4.71. The molecule has 0 bridgehead atoms. The molecular formula is C21H32N4O7S2. The number of β-lactam (4-membered cyclic amide) rings is 1. The maximum atomic E-state index is 12.5. The molecule has 3 heterocycles. The van der Waals surface area contributed by atoms with Crippen LogP contribution in [0, 0.1) is 11.8 Å². The van der Waals surface area contributed by atoms with Crippen molar-refractivity contribution in [3.63, 3.8) is 0 Å². The molecule has 3 aliphatic rings. The minimum Gasteiger partial charge on any atom is -0.477 e. The molecule has 3 amide bonds. The molecule has 13 heteroatoms. The van der Waals surface area contributed by atoms with Gasteiger partial charge in [-0.1, -0.05) is 6.92 Å². The van der Waals surface area contributed by atoms with E-state index in [0.717, 1.165) is 18.7 Å². The van der Waals surface area contributed by atoms with Gasteiger partial charge in [0.25, 0.3) is 0 Å². The first kappa shape index (κ1) is 26.6. The number of amides is 3. The van der Waals surface area contributed by atoms with E-state index in [2.05, 4.69) is 16.0 Å². The van der Waals surface area contributed by atoms with Gasteiger partial charge in [-0.15, -0.1) is 11.8 Å². The number of nitrogens with one attached hydrogen (secondary N) is 3. The first-order valence-electron chi connectivity index (χ1n) is 11.2. The fourth-order valence-electron chi connectivity index (χ4n) is 4.59. The minimum absolute atomic E-state index is 0.0636. The molecule has 0 aromatic carbocycles. The maximum absolute atomic E-state index is 12.5. The Morgan fingerprint density at radius 1 is 1.35 bits per heavy atom. The summed E-state index contributed by atoms with van der Waals surface area (Å²) in [4.78, 5) is 49.2. The van der Waals surface area contributed by atoms with E-state index in [1.54, 1.807) is 18.7 Å². The Hall–Kier alpha value is -1.96. The van der Waals surface area contributed by atoms with Crippen molar-refractivity contribution in [1.29, 1.82) is 0 Å². The molecular weight excluding hydrogens is 484 g/mol. The Morgan fingerprint density at radius 2 is 2.09 bits per heavy atom. The molecule has 11 nitrogen and oxygen atoms in total. The summed E-state index contributed by atoms with van der Waals surface area (Å²) in [5.41, 5.74) is 0.0636. The van der Waals surface area contributed by atoms with Gasteiger partial charge in [-0.2, -0.15) is 11.8 Å². The van der Waals surface area contributed by atoms with Crippen molar-refractivity contribution >= 4 is 47.4 Å². The summed E-state index contributed by atoms with van der Waals surface area (Å²) in [5.74, 6) is -0.853. The number of ether oxygens (including phenoxy) is 1. The lowest BCUT2D eigenvalue weighted by atomic mass is 9.79. The predicted molar refractivity (Wildman–Crippen MR) is 128 cm³/mol. The second-order valence-corrected chi connectivity index (χ2v) is 11.1. The number of rotatable bonds is 11. The number of hydrogen-bond acceptors (Lipinski definition) is 9. The highest BCUT2D eigenvalue weighted by atomic mass is 32.2. The number of aliphatic hydroxyl groups excluding tert-OH is 1. The average Bonchev–Trinajstić information content (AvgIpc) is 3.32. The molecule has 0 radical (unpaired) electrons. The molecule has 5 N–H and O–H groups in total. The molecule has 190 valence electrons. The van der Waals surface area contributed by atoms with E-state index in [1.165, 1.54) is 23.7 Å². The number of nitrogens with zero attached hydrogens (tertiary/aromatic N) is 1. The standard InChI is InChI=1S/C21H32N4O7S2/c1-10-16-15(11(2)26)19(28)25(16)17(20(29)30)18(10)34-13-6-12(23-7-13)8-33-5-4-14(27)24-9-32-21(31)22-3/h10-13,15-16,23,26H,4-9H2,1-3H3,(H,22,31)(H,24,27)(H,29,30)/t10-,11-,12+,13+,15-,16-/m1/s1. The lowest BCUT2D eigenvalue weighted by Gasteiger charge is -2.46. The largest absolute Gasteiger partial charge is 0.477 e. The fraction of sp³-hybridized carbons (Fsp3) is 0.714. The first-order valence-corrected chi connectivity index (χ1v) is 13.3. The summed E-state index contributed by atoms with van der Waals surface area (Å²) in [6, 6.07) is -0.0497. The molecule has 0 saturated carbocycles. The van der Waals surface area contributed by atoms with Crippen LogP contribution < -0.4 is 16.0 Å². The summed E-state index contributed by atoms with van der Waals surface area (Å²) in [6.45, 7) is 4.07. The number of carbonyl (C=O) groups excluding carboxylic acids is 3. The second kappa shape index (κ2) is 11.6. The van der Waals surface area contributed by atoms with E-state index < -0.39 is 24.1 Å². The Morgan fingerprint density at radius 3 is 2.74 bits per heavy atom. The number of carbonyl (C=O) groups is 4. The Kier molecular flexibility index (Phi) is 9.13. The zero-order chi connectivity index (χ0) is 25.0. The monoisotopic (exact) mass is 516 g/mol. The molecule has 3 rings (SSSR count). The van der Waals surface area contributed by atoms with Crippen molar-refractivity contribution in [3.8, 4) is 0 Å². The van der Waals surface area contributed by atoms with Gasteiger partial charge >= 0.3 is 12.1 Å². The highest BCUT2D eigenvalue weighted by Crippen LogP contribution is 2.51. The van der Waals surface area contributed by atoms with Crippen molar-refractivity contribution < 1.29 is 34.1 Å². The van der Waals surface area contributed by atoms with Crippen molar-refractivity contribution in [2.45, 2.75) is 50.1 Å². The van der Waals surface area contributed by atoms with E-state index in [4.69, 9.17) is 4.74 Å². The van der Waals surface area contributed by atoms with Crippen LogP contribution in [-0.4, -0.2) is 94.3 Å². The molecule has 3 aliphatic heterocycles. The van der Waals surface area contributed by atoms with Crippen LogP contribution in [0.5, 0.6) is 0 Å². The first-order chi connectivity index (χ1) is 16.1.